The normalized spacial score (nSPS) is 26.1. The lowest BCUT2D eigenvalue weighted by Crippen LogP contribution is -2.40. The van der Waals surface area contributed by atoms with Crippen LogP contribution in [-0.4, -0.2) is 23.8 Å². The van der Waals surface area contributed by atoms with Crippen molar-refractivity contribution in [2.45, 2.75) is 58.6 Å². The van der Waals surface area contributed by atoms with Crippen LogP contribution in [0.2, 0.25) is 0 Å². The van der Waals surface area contributed by atoms with Crippen molar-refractivity contribution in [2.75, 3.05) is 13.7 Å². The fraction of sp³-hybridized carbons (Fsp3) is 0.857. The number of rotatable bonds is 4. The quantitative estimate of drug-likeness (QED) is 0.909. The Bertz CT molecular complexity index is 424. The molecule has 19 heavy (non-hydrogen) atoms. The molecule has 2 unspecified atom stereocenters. The standard InChI is InChI=1S/C14H25N3O2/c1-6-14(4,18-5)12-16-11(19-17-12)10-13(2,3)8-7-9-15-10/h10,15H,6-9H2,1-5H3. The summed E-state index contributed by atoms with van der Waals surface area (Å²) >= 11 is 0. The van der Waals surface area contributed by atoms with Crippen LogP contribution in [-0.2, 0) is 10.3 Å². The maximum Gasteiger partial charge on any atom is 0.244 e. The summed E-state index contributed by atoms with van der Waals surface area (Å²) in [5, 5.41) is 7.61. The maximum absolute atomic E-state index is 5.52. The third-order valence-electron chi connectivity index (χ3n) is 4.41. The first-order valence-electron chi connectivity index (χ1n) is 7.05. The lowest BCUT2D eigenvalue weighted by molar-refractivity contribution is -0.0106. The van der Waals surface area contributed by atoms with Gasteiger partial charge in [-0.1, -0.05) is 25.9 Å². The van der Waals surface area contributed by atoms with Gasteiger partial charge in [-0.2, -0.15) is 4.98 Å². The second kappa shape index (κ2) is 5.21. The number of aromatic nitrogens is 2. The smallest absolute Gasteiger partial charge is 0.244 e. The fourth-order valence-corrected chi connectivity index (χ4v) is 2.59. The molecule has 5 heteroatoms. The zero-order valence-electron chi connectivity index (χ0n) is 12.6. The summed E-state index contributed by atoms with van der Waals surface area (Å²) in [6.45, 7) is 9.52. The minimum atomic E-state index is -0.472. The predicted molar refractivity (Wildman–Crippen MR) is 72.7 cm³/mol. The Kier molecular flexibility index (Phi) is 3.97. The molecule has 1 fully saturated rings. The van der Waals surface area contributed by atoms with Gasteiger partial charge in [0.05, 0.1) is 6.04 Å². The van der Waals surface area contributed by atoms with Crippen LogP contribution in [0.5, 0.6) is 0 Å². The van der Waals surface area contributed by atoms with E-state index in [1.807, 2.05) is 6.92 Å². The van der Waals surface area contributed by atoms with Crippen LogP contribution in [0.4, 0.5) is 0 Å². The van der Waals surface area contributed by atoms with Crippen LogP contribution in [0.1, 0.15) is 64.7 Å². The average molecular weight is 267 g/mol. The molecule has 1 saturated heterocycles. The molecule has 1 aromatic rings. The molecule has 0 spiro atoms. The molecule has 0 saturated carbocycles. The van der Waals surface area contributed by atoms with Crippen molar-refractivity contribution in [1.29, 1.82) is 0 Å². The van der Waals surface area contributed by atoms with E-state index in [4.69, 9.17) is 9.26 Å². The number of methoxy groups -OCH3 is 1. The summed E-state index contributed by atoms with van der Waals surface area (Å²) < 4.78 is 11.0. The highest BCUT2D eigenvalue weighted by Gasteiger charge is 2.38. The topological polar surface area (TPSA) is 60.2 Å². The Morgan fingerprint density at radius 1 is 1.53 bits per heavy atom. The first kappa shape index (κ1) is 14.5. The van der Waals surface area contributed by atoms with Crippen LogP contribution in [0.3, 0.4) is 0 Å². The van der Waals surface area contributed by atoms with Gasteiger partial charge in [-0.05, 0) is 38.1 Å². The van der Waals surface area contributed by atoms with E-state index in [1.54, 1.807) is 7.11 Å². The van der Waals surface area contributed by atoms with Gasteiger partial charge in [0.15, 0.2) is 0 Å². The molecule has 1 aromatic heterocycles. The van der Waals surface area contributed by atoms with Gasteiger partial charge in [0.2, 0.25) is 11.7 Å². The average Bonchev–Trinajstić information content (AvgIpc) is 2.87. The van der Waals surface area contributed by atoms with Gasteiger partial charge >= 0.3 is 0 Å². The van der Waals surface area contributed by atoms with Crippen molar-refractivity contribution in [2.24, 2.45) is 5.41 Å². The van der Waals surface area contributed by atoms with Gasteiger partial charge in [-0.15, -0.1) is 0 Å². The maximum atomic E-state index is 5.52. The first-order chi connectivity index (χ1) is 8.93. The number of nitrogens with one attached hydrogen (secondary N) is 1. The Morgan fingerprint density at radius 2 is 2.26 bits per heavy atom. The Hall–Kier alpha value is -0.940. The summed E-state index contributed by atoms with van der Waals surface area (Å²) in [6, 6.07) is 0.125. The molecule has 2 heterocycles. The lowest BCUT2D eigenvalue weighted by Gasteiger charge is -2.36. The number of ether oxygens (including phenoxy) is 1. The highest BCUT2D eigenvalue weighted by molar-refractivity contribution is 5.05. The summed E-state index contributed by atoms with van der Waals surface area (Å²) in [5.41, 5.74) is -0.335. The van der Waals surface area contributed by atoms with E-state index in [9.17, 15) is 0 Å². The zero-order chi connectivity index (χ0) is 14.1. The molecule has 1 aliphatic rings. The Balaban J connectivity index is 2.25. The number of hydrogen-bond acceptors (Lipinski definition) is 5. The Morgan fingerprint density at radius 3 is 2.84 bits per heavy atom. The number of nitrogens with zero attached hydrogens (tertiary/aromatic N) is 2. The summed E-state index contributed by atoms with van der Waals surface area (Å²) in [6.07, 6.45) is 3.16. The molecule has 2 atom stereocenters. The minimum Gasteiger partial charge on any atom is -0.370 e. The van der Waals surface area contributed by atoms with Gasteiger partial charge < -0.3 is 14.6 Å². The molecule has 0 radical (unpaired) electrons. The van der Waals surface area contributed by atoms with Gasteiger partial charge in [-0.25, -0.2) is 0 Å². The summed E-state index contributed by atoms with van der Waals surface area (Å²) in [5.74, 6) is 1.31. The lowest BCUT2D eigenvalue weighted by atomic mass is 9.77. The number of hydrogen-bond donors (Lipinski definition) is 1. The molecule has 0 bridgehead atoms. The molecule has 108 valence electrons. The molecular formula is C14H25N3O2. The highest BCUT2D eigenvalue weighted by atomic mass is 16.5. The number of piperidine rings is 1. The zero-order valence-corrected chi connectivity index (χ0v) is 12.6. The largest absolute Gasteiger partial charge is 0.370 e. The molecule has 0 aliphatic carbocycles. The molecule has 1 N–H and O–H groups in total. The van der Waals surface area contributed by atoms with Crippen molar-refractivity contribution >= 4 is 0 Å². The van der Waals surface area contributed by atoms with E-state index in [-0.39, 0.29) is 11.5 Å². The van der Waals surface area contributed by atoms with E-state index in [0.29, 0.717) is 11.7 Å². The fourth-order valence-electron chi connectivity index (χ4n) is 2.59. The third kappa shape index (κ3) is 2.67. The van der Waals surface area contributed by atoms with E-state index in [2.05, 4.69) is 36.2 Å². The van der Waals surface area contributed by atoms with E-state index in [0.717, 1.165) is 19.4 Å². The highest BCUT2D eigenvalue weighted by Crippen LogP contribution is 2.40. The van der Waals surface area contributed by atoms with Crippen LogP contribution in [0, 0.1) is 5.41 Å². The molecule has 1 aliphatic heterocycles. The first-order valence-corrected chi connectivity index (χ1v) is 7.05. The molecule has 5 nitrogen and oxygen atoms in total. The second-order valence-electron chi connectivity index (χ2n) is 6.22. The van der Waals surface area contributed by atoms with Crippen molar-refractivity contribution < 1.29 is 9.26 Å². The third-order valence-corrected chi connectivity index (χ3v) is 4.41. The van der Waals surface area contributed by atoms with Crippen molar-refractivity contribution in [1.82, 2.24) is 15.5 Å². The van der Waals surface area contributed by atoms with Crippen molar-refractivity contribution in [3.8, 4) is 0 Å². The van der Waals surface area contributed by atoms with E-state index in [1.165, 1.54) is 6.42 Å². The summed E-state index contributed by atoms with van der Waals surface area (Å²) in [7, 11) is 1.68. The predicted octanol–water partition coefficient (Wildman–Crippen LogP) is 2.79. The molecular weight excluding hydrogens is 242 g/mol. The van der Waals surface area contributed by atoms with Crippen LogP contribution < -0.4 is 5.32 Å². The Labute approximate surface area is 115 Å². The molecule has 2 rings (SSSR count). The molecule has 0 aromatic carbocycles. The van der Waals surface area contributed by atoms with Crippen LogP contribution >= 0.6 is 0 Å². The van der Waals surface area contributed by atoms with E-state index >= 15 is 0 Å². The SMILES string of the molecule is CCC(C)(OC)c1noc(C2NCCCC2(C)C)n1. The van der Waals surface area contributed by atoms with Crippen molar-refractivity contribution in [3.63, 3.8) is 0 Å². The van der Waals surface area contributed by atoms with Gasteiger partial charge in [-0.3, -0.25) is 0 Å². The van der Waals surface area contributed by atoms with Crippen molar-refractivity contribution in [3.05, 3.63) is 11.7 Å². The van der Waals surface area contributed by atoms with Gasteiger partial charge in [0.25, 0.3) is 0 Å². The second-order valence-corrected chi connectivity index (χ2v) is 6.22. The summed E-state index contributed by atoms with van der Waals surface area (Å²) in [4.78, 5) is 4.58. The van der Waals surface area contributed by atoms with E-state index < -0.39 is 5.60 Å². The minimum absolute atomic E-state index is 0.125. The van der Waals surface area contributed by atoms with Gasteiger partial charge in [0.1, 0.15) is 5.60 Å². The molecule has 0 amide bonds. The van der Waals surface area contributed by atoms with Crippen LogP contribution in [0.15, 0.2) is 4.52 Å². The monoisotopic (exact) mass is 267 g/mol. The van der Waals surface area contributed by atoms with Crippen LogP contribution in [0.25, 0.3) is 0 Å². The van der Waals surface area contributed by atoms with Gasteiger partial charge in [0, 0.05) is 7.11 Å².